The molecule has 474 valence electrons. The normalized spacial score (nSPS) is 12.9. The largest absolute Gasteiger partial charge is 0.462 e. The lowest BCUT2D eigenvalue weighted by Gasteiger charge is -2.18. The van der Waals surface area contributed by atoms with Crippen molar-refractivity contribution < 1.29 is 28.6 Å². The van der Waals surface area contributed by atoms with Crippen LogP contribution in [0.2, 0.25) is 0 Å². The van der Waals surface area contributed by atoms with Gasteiger partial charge in [-0.25, -0.2) is 0 Å². The Balaban J connectivity index is 4.35. The first-order chi connectivity index (χ1) is 41.0. The number of ether oxygens (including phenoxy) is 3. The van der Waals surface area contributed by atoms with Gasteiger partial charge in [0.05, 0.1) is 0 Å². The van der Waals surface area contributed by atoms with Gasteiger partial charge >= 0.3 is 17.9 Å². The summed E-state index contributed by atoms with van der Waals surface area (Å²) in [5, 5.41) is 0. The third kappa shape index (κ3) is 68.5. The van der Waals surface area contributed by atoms with Gasteiger partial charge in [-0.2, -0.15) is 0 Å². The molecule has 0 amide bonds. The summed E-state index contributed by atoms with van der Waals surface area (Å²) in [7, 11) is 0. The lowest BCUT2D eigenvalue weighted by Crippen LogP contribution is -2.30. The van der Waals surface area contributed by atoms with Crippen LogP contribution in [-0.4, -0.2) is 37.2 Å². The van der Waals surface area contributed by atoms with Crippen molar-refractivity contribution in [3.63, 3.8) is 0 Å². The molecule has 6 nitrogen and oxygen atoms in total. The van der Waals surface area contributed by atoms with Gasteiger partial charge in [0.2, 0.25) is 0 Å². The van der Waals surface area contributed by atoms with Gasteiger partial charge in [0, 0.05) is 19.3 Å². The summed E-state index contributed by atoms with van der Waals surface area (Å²) in [5.74, 6) is -0.946. The highest BCUT2D eigenvalue weighted by atomic mass is 16.6. The van der Waals surface area contributed by atoms with Crippen LogP contribution in [0.15, 0.2) is 122 Å². The number of esters is 3. The summed E-state index contributed by atoms with van der Waals surface area (Å²) >= 11 is 0. The van der Waals surface area contributed by atoms with Gasteiger partial charge in [-0.3, -0.25) is 14.4 Å². The van der Waals surface area contributed by atoms with E-state index in [0.29, 0.717) is 19.3 Å². The SMILES string of the molecule is CC/C=C\C/C=C\C/C=C\C/C=C\CCCCC(=O)OCC(COC(=O)CCCCCCCCCCCCCCCC/C=C\C/C=C\C/C=C\CCCCCCC)OC(=O)CCCCCCCC/C=C\C/C=C\C/C=C\CCCCCCC. The van der Waals surface area contributed by atoms with Crippen molar-refractivity contribution in [1.29, 1.82) is 0 Å². The van der Waals surface area contributed by atoms with Crippen molar-refractivity contribution in [2.45, 2.75) is 335 Å². The Morgan fingerprint density at radius 1 is 0.253 bits per heavy atom. The zero-order chi connectivity index (χ0) is 59.9. The van der Waals surface area contributed by atoms with E-state index in [1.165, 1.54) is 167 Å². The number of carbonyl (C=O) groups excluding carboxylic acids is 3. The van der Waals surface area contributed by atoms with E-state index in [1.54, 1.807) is 0 Å². The number of hydrogen-bond acceptors (Lipinski definition) is 6. The van der Waals surface area contributed by atoms with E-state index in [-0.39, 0.29) is 31.1 Å². The van der Waals surface area contributed by atoms with Crippen LogP contribution in [0.5, 0.6) is 0 Å². The van der Waals surface area contributed by atoms with Crippen LogP contribution in [0.3, 0.4) is 0 Å². The van der Waals surface area contributed by atoms with Gasteiger partial charge in [0.15, 0.2) is 6.10 Å². The zero-order valence-electron chi connectivity index (χ0n) is 54.4. The highest BCUT2D eigenvalue weighted by Gasteiger charge is 2.19. The van der Waals surface area contributed by atoms with Gasteiger partial charge in [-0.15, -0.1) is 0 Å². The maximum absolute atomic E-state index is 12.9. The fourth-order valence-corrected chi connectivity index (χ4v) is 9.68. The minimum Gasteiger partial charge on any atom is -0.462 e. The topological polar surface area (TPSA) is 78.9 Å². The second kappa shape index (κ2) is 70.3. The molecule has 0 aliphatic heterocycles. The molecule has 0 saturated heterocycles. The predicted molar refractivity (Wildman–Crippen MR) is 362 cm³/mol. The third-order valence-corrected chi connectivity index (χ3v) is 14.9. The maximum Gasteiger partial charge on any atom is 0.306 e. The Morgan fingerprint density at radius 3 is 0.759 bits per heavy atom. The molecular formula is C77H130O6. The van der Waals surface area contributed by atoms with Gasteiger partial charge < -0.3 is 14.2 Å². The molecule has 0 heterocycles. The molecular weight excluding hydrogens is 1020 g/mol. The average Bonchev–Trinajstić information content (AvgIpc) is 3.49. The van der Waals surface area contributed by atoms with Gasteiger partial charge in [-0.05, 0) is 135 Å². The average molecular weight is 1150 g/mol. The highest BCUT2D eigenvalue weighted by molar-refractivity contribution is 5.71. The molecule has 0 aliphatic carbocycles. The first-order valence-corrected chi connectivity index (χ1v) is 35.0. The van der Waals surface area contributed by atoms with Crippen LogP contribution in [-0.2, 0) is 28.6 Å². The van der Waals surface area contributed by atoms with Crippen LogP contribution >= 0.6 is 0 Å². The summed E-state index contributed by atoms with van der Waals surface area (Å²) in [6.45, 7) is 6.48. The van der Waals surface area contributed by atoms with E-state index in [0.717, 1.165) is 122 Å². The second-order valence-corrected chi connectivity index (χ2v) is 23.1. The van der Waals surface area contributed by atoms with Crippen LogP contribution < -0.4 is 0 Å². The van der Waals surface area contributed by atoms with Crippen LogP contribution in [0.1, 0.15) is 329 Å². The number of rotatable bonds is 63. The van der Waals surface area contributed by atoms with Crippen molar-refractivity contribution in [2.75, 3.05) is 13.2 Å². The first kappa shape index (κ1) is 78.8. The zero-order valence-corrected chi connectivity index (χ0v) is 54.4. The monoisotopic (exact) mass is 1150 g/mol. The van der Waals surface area contributed by atoms with E-state index >= 15 is 0 Å². The smallest absolute Gasteiger partial charge is 0.306 e. The van der Waals surface area contributed by atoms with E-state index in [4.69, 9.17) is 14.2 Å². The first-order valence-electron chi connectivity index (χ1n) is 35.0. The molecule has 0 aromatic rings. The molecule has 0 radical (unpaired) electrons. The minimum absolute atomic E-state index is 0.0982. The Labute approximate surface area is 513 Å². The van der Waals surface area contributed by atoms with Crippen LogP contribution in [0.4, 0.5) is 0 Å². The molecule has 0 aromatic heterocycles. The molecule has 83 heavy (non-hydrogen) atoms. The Morgan fingerprint density at radius 2 is 0.470 bits per heavy atom. The number of allylic oxidation sites excluding steroid dienone is 20. The molecule has 0 bridgehead atoms. The third-order valence-electron chi connectivity index (χ3n) is 14.9. The maximum atomic E-state index is 12.9. The van der Waals surface area contributed by atoms with Gasteiger partial charge in [-0.1, -0.05) is 296 Å². The molecule has 0 rings (SSSR count). The van der Waals surface area contributed by atoms with Crippen LogP contribution in [0.25, 0.3) is 0 Å². The molecule has 0 N–H and O–H groups in total. The summed E-state index contributed by atoms with van der Waals surface area (Å²) in [4.78, 5) is 38.4. The Kier molecular flexibility index (Phi) is 66.7. The van der Waals surface area contributed by atoms with E-state index in [9.17, 15) is 14.4 Å². The van der Waals surface area contributed by atoms with Crippen molar-refractivity contribution in [2.24, 2.45) is 0 Å². The molecule has 1 atom stereocenters. The van der Waals surface area contributed by atoms with E-state index in [1.807, 2.05) is 0 Å². The summed E-state index contributed by atoms with van der Waals surface area (Å²) in [5.41, 5.74) is 0. The quantitative estimate of drug-likeness (QED) is 0.0261. The molecule has 6 heteroatoms. The van der Waals surface area contributed by atoms with Crippen molar-refractivity contribution in [3.05, 3.63) is 122 Å². The van der Waals surface area contributed by atoms with Gasteiger partial charge in [0.1, 0.15) is 13.2 Å². The van der Waals surface area contributed by atoms with Crippen molar-refractivity contribution in [3.8, 4) is 0 Å². The molecule has 0 aliphatic rings. The summed E-state index contributed by atoms with van der Waals surface area (Å²) < 4.78 is 16.9. The second-order valence-electron chi connectivity index (χ2n) is 23.1. The molecule has 0 aromatic carbocycles. The van der Waals surface area contributed by atoms with Crippen molar-refractivity contribution in [1.82, 2.24) is 0 Å². The van der Waals surface area contributed by atoms with E-state index < -0.39 is 6.10 Å². The lowest BCUT2D eigenvalue weighted by atomic mass is 10.0. The summed E-state index contributed by atoms with van der Waals surface area (Å²) in [6, 6.07) is 0. The number of carbonyl (C=O) groups is 3. The predicted octanol–water partition coefficient (Wildman–Crippen LogP) is 24.3. The summed E-state index contributed by atoms with van der Waals surface area (Å²) in [6.07, 6.45) is 98.0. The minimum atomic E-state index is -0.807. The molecule has 0 saturated carbocycles. The van der Waals surface area contributed by atoms with Crippen LogP contribution in [0, 0.1) is 0 Å². The number of unbranched alkanes of at least 4 members (excludes halogenated alkanes) is 32. The molecule has 0 spiro atoms. The molecule has 1 unspecified atom stereocenters. The van der Waals surface area contributed by atoms with Crippen molar-refractivity contribution >= 4 is 17.9 Å². The number of hydrogen-bond donors (Lipinski definition) is 0. The lowest BCUT2D eigenvalue weighted by molar-refractivity contribution is -0.167. The standard InChI is InChI=1S/C77H130O6/c1-4-7-10-13-16-19-22-25-28-30-32-34-35-36-37-38-39-40-41-43-44-46-49-52-55-58-61-64-67-70-76(79)82-73-74(72-81-75(78)69-66-63-60-57-54-51-48-27-24-21-18-15-12-9-6-3)83-77(80)71-68-65-62-59-56-53-50-47-45-42-33-31-29-26-23-20-17-14-11-8-5-2/h9,12,18,21-23,25-27,30-33,35-36,45,47-48,54,57,74H,4-8,10-11,13-17,19-20,24,28-29,34,37-44,46,49-53,55-56,58-73H2,1-3H3/b12-9-,21-18-,25-22-,26-23-,32-30-,33-31-,36-35-,47-45-,48-27-,57-54-. The van der Waals surface area contributed by atoms with E-state index in [2.05, 4.69) is 142 Å². The Bertz CT molecular complexity index is 1700. The fourth-order valence-electron chi connectivity index (χ4n) is 9.68. The highest BCUT2D eigenvalue weighted by Crippen LogP contribution is 2.16. The fraction of sp³-hybridized carbons (Fsp3) is 0.701. The Hall–Kier alpha value is -4.19. The van der Waals surface area contributed by atoms with Gasteiger partial charge in [0.25, 0.3) is 0 Å². The molecule has 0 fully saturated rings.